The van der Waals surface area contributed by atoms with E-state index in [-0.39, 0.29) is 11.6 Å². The maximum Gasteiger partial charge on any atom is 0.298 e. The molecule has 3 heterocycles. The summed E-state index contributed by atoms with van der Waals surface area (Å²) in [5, 5.41) is 13.8. The zero-order valence-corrected chi connectivity index (χ0v) is 13.7. The standard InChI is InChI=1S/C16H18N6O3/c1-24-14-7-11-10(8-18-21-11)6-12(14)19-15(23)13-9-25-16(20-13)22-4-2-17-3-5-22/h6-9,17H,2-5H2,1H3,(H,18,21)(H,19,23). The molecule has 0 spiro atoms. The van der Waals surface area contributed by atoms with Gasteiger partial charge in [-0.05, 0) is 6.07 Å². The number of carbonyl (C=O) groups is 1. The number of methoxy groups -OCH3 is 1. The van der Waals surface area contributed by atoms with Crippen LogP contribution in [0.15, 0.2) is 29.0 Å². The van der Waals surface area contributed by atoms with E-state index in [4.69, 9.17) is 9.15 Å². The average Bonchev–Trinajstić information content (AvgIpc) is 3.31. The van der Waals surface area contributed by atoms with Gasteiger partial charge in [0, 0.05) is 43.8 Å². The highest BCUT2D eigenvalue weighted by molar-refractivity contribution is 6.05. The van der Waals surface area contributed by atoms with Crippen LogP contribution >= 0.6 is 0 Å². The third-order valence-electron chi connectivity index (χ3n) is 4.11. The molecule has 9 nitrogen and oxygen atoms in total. The van der Waals surface area contributed by atoms with Crippen LogP contribution < -0.4 is 20.3 Å². The molecule has 4 rings (SSSR count). The second-order valence-corrected chi connectivity index (χ2v) is 5.70. The number of amides is 1. The molecule has 0 radical (unpaired) electrons. The third kappa shape index (κ3) is 3.01. The summed E-state index contributed by atoms with van der Waals surface area (Å²) in [6.45, 7) is 3.33. The van der Waals surface area contributed by atoms with Crippen molar-refractivity contribution < 1.29 is 13.9 Å². The summed E-state index contributed by atoms with van der Waals surface area (Å²) in [6.07, 6.45) is 3.12. The Morgan fingerprint density at radius 1 is 1.36 bits per heavy atom. The van der Waals surface area contributed by atoms with Crippen molar-refractivity contribution in [2.24, 2.45) is 0 Å². The Bertz CT molecular complexity index is 896. The number of hydrogen-bond acceptors (Lipinski definition) is 7. The van der Waals surface area contributed by atoms with Gasteiger partial charge in [0.2, 0.25) is 0 Å². The normalized spacial score (nSPS) is 14.7. The smallest absolute Gasteiger partial charge is 0.298 e. The summed E-state index contributed by atoms with van der Waals surface area (Å²) in [4.78, 5) is 18.8. The van der Waals surface area contributed by atoms with Crippen molar-refractivity contribution in [3.63, 3.8) is 0 Å². The fourth-order valence-electron chi connectivity index (χ4n) is 2.79. The topological polar surface area (TPSA) is 108 Å². The number of fused-ring (bicyclic) bond motifs is 1. The molecule has 1 amide bonds. The molecule has 1 saturated heterocycles. The number of rotatable bonds is 4. The van der Waals surface area contributed by atoms with Gasteiger partial charge in [0.25, 0.3) is 11.9 Å². The summed E-state index contributed by atoms with van der Waals surface area (Å²) >= 11 is 0. The first-order chi connectivity index (χ1) is 12.2. The van der Waals surface area contributed by atoms with E-state index >= 15 is 0 Å². The summed E-state index contributed by atoms with van der Waals surface area (Å²) in [5.41, 5.74) is 1.54. The number of piperazine rings is 1. The Balaban J connectivity index is 1.54. The van der Waals surface area contributed by atoms with Crippen molar-refractivity contribution in [2.45, 2.75) is 0 Å². The van der Waals surface area contributed by atoms with E-state index in [1.807, 2.05) is 4.90 Å². The average molecular weight is 342 g/mol. The highest BCUT2D eigenvalue weighted by atomic mass is 16.5. The van der Waals surface area contributed by atoms with Gasteiger partial charge in [-0.1, -0.05) is 0 Å². The molecule has 9 heteroatoms. The molecular weight excluding hydrogens is 324 g/mol. The number of carbonyl (C=O) groups excluding carboxylic acids is 1. The quantitative estimate of drug-likeness (QED) is 0.654. The van der Waals surface area contributed by atoms with E-state index in [0.29, 0.717) is 17.5 Å². The highest BCUT2D eigenvalue weighted by Crippen LogP contribution is 2.29. The summed E-state index contributed by atoms with van der Waals surface area (Å²) in [7, 11) is 1.54. The van der Waals surface area contributed by atoms with E-state index in [9.17, 15) is 4.79 Å². The Morgan fingerprint density at radius 2 is 2.20 bits per heavy atom. The lowest BCUT2D eigenvalue weighted by Crippen LogP contribution is -2.43. The van der Waals surface area contributed by atoms with Crippen LogP contribution in [0.2, 0.25) is 0 Å². The Hall–Kier alpha value is -3.07. The lowest BCUT2D eigenvalue weighted by molar-refractivity contribution is 0.102. The number of ether oxygens (including phenoxy) is 1. The number of nitrogens with one attached hydrogen (secondary N) is 3. The van der Waals surface area contributed by atoms with Crippen LogP contribution in [0.25, 0.3) is 10.9 Å². The number of anilines is 2. The van der Waals surface area contributed by atoms with Crippen LogP contribution in [0, 0.1) is 0 Å². The second-order valence-electron chi connectivity index (χ2n) is 5.70. The minimum absolute atomic E-state index is 0.225. The zero-order valence-electron chi connectivity index (χ0n) is 13.7. The molecule has 0 aliphatic carbocycles. The van der Waals surface area contributed by atoms with Crippen LogP contribution in [0.5, 0.6) is 5.75 Å². The lowest BCUT2D eigenvalue weighted by Gasteiger charge is -2.25. The van der Waals surface area contributed by atoms with Crippen molar-refractivity contribution in [3.8, 4) is 5.75 Å². The molecule has 3 aromatic rings. The van der Waals surface area contributed by atoms with Gasteiger partial charge in [0.1, 0.15) is 12.0 Å². The van der Waals surface area contributed by atoms with Gasteiger partial charge >= 0.3 is 0 Å². The number of benzene rings is 1. The molecule has 0 unspecified atom stereocenters. The molecule has 0 saturated carbocycles. The zero-order chi connectivity index (χ0) is 17.2. The number of hydrogen-bond donors (Lipinski definition) is 3. The molecule has 25 heavy (non-hydrogen) atoms. The van der Waals surface area contributed by atoms with Gasteiger partial charge < -0.3 is 24.7 Å². The number of aromatic amines is 1. The van der Waals surface area contributed by atoms with Crippen LogP contribution in [0.3, 0.4) is 0 Å². The van der Waals surface area contributed by atoms with Gasteiger partial charge in [-0.2, -0.15) is 10.1 Å². The molecular formula is C16H18N6O3. The predicted molar refractivity (Wildman–Crippen MR) is 92.2 cm³/mol. The third-order valence-corrected chi connectivity index (χ3v) is 4.11. The number of H-pyrrole nitrogens is 1. The van der Waals surface area contributed by atoms with Crippen molar-refractivity contribution >= 4 is 28.5 Å². The number of aromatic nitrogens is 3. The molecule has 1 aromatic carbocycles. The molecule has 130 valence electrons. The minimum Gasteiger partial charge on any atom is -0.494 e. The molecule has 0 atom stereocenters. The van der Waals surface area contributed by atoms with Crippen LogP contribution in [-0.2, 0) is 0 Å². The van der Waals surface area contributed by atoms with Gasteiger partial charge in [0.05, 0.1) is 18.3 Å². The van der Waals surface area contributed by atoms with Gasteiger partial charge in [-0.15, -0.1) is 0 Å². The largest absolute Gasteiger partial charge is 0.494 e. The molecule has 1 aliphatic rings. The number of nitrogens with zero attached hydrogens (tertiary/aromatic N) is 3. The maximum atomic E-state index is 12.5. The first-order valence-electron chi connectivity index (χ1n) is 7.98. The summed E-state index contributed by atoms with van der Waals surface area (Å²) in [5.74, 6) is 0.171. The molecule has 1 aliphatic heterocycles. The van der Waals surface area contributed by atoms with E-state index < -0.39 is 0 Å². The Labute approximate surface area is 143 Å². The van der Waals surface area contributed by atoms with E-state index in [0.717, 1.165) is 37.1 Å². The highest BCUT2D eigenvalue weighted by Gasteiger charge is 2.20. The Kier molecular flexibility index (Phi) is 3.98. The molecule has 3 N–H and O–H groups in total. The first-order valence-corrected chi connectivity index (χ1v) is 7.98. The predicted octanol–water partition coefficient (Wildman–Crippen LogP) is 1.22. The first kappa shape index (κ1) is 15.5. The van der Waals surface area contributed by atoms with Crippen LogP contribution in [-0.4, -0.2) is 54.4 Å². The van der Waals surface area contributed by atoms with E-state index in [2.05, 4.69) is 25.8 Å². The van der Waals surface area contributed by atoms with Gasteiger partial charge in [-0.25, -0.2) is 0 Å². The maximum absolute atomic E-state index is 12.5. The minimum atomic E-state index is -0.355. The Morgan fingerprint density at radius 3 is 3.00 bits per heavy atom. The van der Waals surface area contributed by atoms with Crippen molar-refractivity contribution in [1.29, 1.82) is 0 Å². The SMILES string of the molecule is COc1cc2n[nH]cc2cc1NC(=O)c1coc(N2CCNCC2)n1. The van der Waals surface area contributed by atoms with Crippen molar-refractivity contribution in [3.05, 3.63) is 30.3 Å². The monoisotopic (exact) mass is 342 g/mol. The van der Waals surface area contributed by atoms with Crippen LogP contribution in [0.1, 0.15) is 10.5 Å². The second kappa shape index (κ2) is 6.44. The lowest BCUT2D eigenvalue weighted by atomic mass is 10.2. The van der Waals surface area contributed by atoms with Crippen LogP contribution in [0.4, 0.5) is 11.7 Å². The van der Waals surface area contributed by atoms with Crippen molar-refractivity contribution in [1.82, 2.24) is 20.5 Å². The van der Waals surface area contributed by atoms with E-state index in [1.54, 1.807) is 25.4 Å². The van der Waals surface area contributed by atoms with Gasteiger partial charge in [-0.3, -0.25) is 9.89 Å². The molecule has 0 bridgehead atoms. The van der Waals surface area contributed by atoms with Crippen molar-refractivity contribution in [2.75, 3.05) is 43.5 Å². The van der Waals surface area contributed by atoms with Gasteiger partial charge in [0.15, 0.2) is 5.69 Å². The summed E-state index contributed by atoms with van der Waals surface area (Å²) in [6, 6.07) is 4.02. The number of oxazole rings is 1. The fraction of sp³-hybridized carbons (Fsp3) is 0.312. The molecule has 1 fully saturated rings. The fourth-order valence-corrected chi connectivity index (χ4v) is 2.79. The van der Waals surface area contributed by atoms with E-state index in [1.165, 1.54) is 6.26 Å². The molecule has 2 aromatic heterocycles. The summed E-state index contributed by atoms with van der Waals surface area (Å²) < 4.78 is 10.8.